The first-order valence-electron chi connectivity index (χ1n) is 6.40. The fraction of sp³-hybridized carbons (Fsp3) is 0.308. The van der Waals surface area contributed by atoms with Gasteiger partial charge in [0.15, 0.2) is 0 Å². The van der Waals surface area contributed by atoms with Gasteiger partial charge in [-0.1, -0.05) is 31.3 Å². The van der Waals surface area contributed by atoms with E-state index in [1.807, 2.05) is 0 Å². The number of benzene rings is 1. The summed E-state index contributed by atoms with van der Waals surface area (Å²) in [6.07, 6.45) is 0.795. The van der Waals surface area contributed by atoms with Gasteiger partial charge >= 0.3 is 0 Å². The standard InChI is InChI=1S/C13H16FN5OS/c1-7(2)6-10-18-19-13(21-10)16-12(20)8-4-3-5-9(14)11(8)17-15/h3-5,7,17H,6,15H2,1-2H3,(H,16,19,20). The number of aromatic nitrogens is 2. The van der Waals surface area contributed by atoms with Gasteiger partial charge in [0.1, 0.15) is 10.8 Å². The summed E-state index contributed by atoms with van der Waals surface area (Å²) in [7, 11) is 0. The van der Waals surface area contributed by atoms with E-state index in [2.05, 4.69) is 34.8 Å². The van der Waals surface area contributed by atoms with Crippen LogP contribution in [0.1, 0.15) is 29.2 Å². The molecule has 1 amide bonds. The molecule has 0 unspecified atom stereocenters. The fourth-order valence-electron chi connectivity index (χ4n) is 1.76. The number of anilines is 2. The van der Waals surface area contributed by atoms with Crippen molar-refractivity contribution in [3.05, 3.63) is 34.6 Å². The largest absolute Gasteiger partial charge is 0.321 e. The highest BCUT2D eigenvalue weighted by atomic mass is 32.1. The number of hydrazine groups is 1. The molecule has 8 heteroatoms. The van der Waals surface area contributed by atoms with Crippen LogP contribution >= 0.6 is 11.3 Å². The Kier molecular flexibility index (Phi) is 4.81. The number of amides is 1. The summed E-state index contributed by atoms with van der Waals surface area (Å²) in [4.78, 5) is 12.1. The number of rotatable bonds is 5. The molecular weight excluding hydrogens is 293 g/mol. The van der Waals surface area contributed by atoms with Crippen LogP contribution < -0.4 is 16.6 Å². The molecule has 1 aromatic heterocycles. The predicted octanol–water partition coefficient (Wildman–Crippen LogP) is 2.41. The van der Waals surface area contributed by atoms with E-state index < -0.39 is 11.7 Å². The Bertz CT molecular complexity index is 643. The molecule has 1 heterocycles. The molecule has 0 aliphatic rings. The highest BCUT2D eigenvalue weighted by molar-refractivity contribution is 7.15. The monoisotopic (exact) mass is 309 g/mol. The van der Waals surface area contributed by atoms with Crippen molar-refractivity contribution in [1.82, 2.24) is 10.2 Å². The molecule has 0 radical (unpaired) electrons. The molecule has 1 aromatic carbocycles. The molecule has 4 N–H and O–H groups in total. The van der Waals surface area contributed by atoms with Gasteiger partial charge in [-0.25, -0.2) is 4.39 Å². The van der Waals surface area contributed by atoms with E-state index in [9.17, 15) is 9.18 Å². The second kappa shape index (κ2) is 6.59. The molecule has 2 aromatic rings. The molecule has 6 nitrogen and oxygen atoms in total. The molecule has 0 saturated heterocycles. The average Bonchev–Trinajstić information content (AvgIpc) is 2.84. The molecule has 0 aliphatic carbocycles. The molecule has 2 rings (SSSR count). The number of nitrogens with two attached hydrogens (primary N) is 1. The smallest absolute Gasteiger partial charge is 0.259 e. The van der Waals surface area contributed by atoms with Crippen LogP contribution in [0.4, 0.5) is 15.2 Å². The van der Waals surface area contributed by atoms with Gasteiger partial charge in [0.05, 0.1) is 11.3 Å². The van der Waals surface area contributed by atoms with Gasteiger partial charge in [0, 0.05) is 6.42 Å². The summed E-state index contributed by atoms with van der Waals surface area (Å²) in [6, 6.07) is 4.14. The van der Waals surface area contributed by atoms with Crippen molar-refractivity contribution < 1.29 is 9.18 Å². The lowest BCUT2D eigenvalue weighted by Crippen LogP contribution is -2.18. The summed E-state index contributed by atoms with van der Waals surface area (Å²) in [6.45, 7) is 4.15. The molecule has 0 spiro atoms. The van der Waals surface area contributed by atoms with Crippen molar-refractivity contribution >= 4 is 28.1 Å². The number of halogens is 1. The first-order chi connectivity index (χ1) is 10.0. The summed E-state index contributed by atoms with van der Waals surface area (Å²) >= 11 is 1.30. The normalized spacial score (nSPS) is 10.7. The fourth-order valence-corrected chi connectivity index (χ4v) is 2.71. The van der Waals surface area contributed by atoms with Crippen molar-refractivity contribution in [2.75, 3.05) is 10.7 Å². The minimum atomic E-state index is -0.595. The molecule has 0 fully saturated rings. The van der Waals surface area contributed by atoms with Crippen LogP contribution in [0.25, 0.3) is 0 Å². The van der Waals surface area contributed by atoms with Gasteiger partial charge < -0.3 is 5.43 Å². The van der Waals surface area contributed by atoms with Gasteiger partial charge in [-0.15, -0.1) is 10.2 Å². The van der Waals surface area contributed by atoms with E-state index in [0.717, 1.165) is 11.4 Å². The third kappa shape index (κ3) is 3.73. The van der Waals surface area contributed by atoms with Gasteiger partial charge in [-0.3, -0.25) is 16.0 Å². The maximum Gasteiger partial charge on any atom is 0.259 e. The summed E-state index contributed by atoms with van der Waals surface area (Å²) in [5, 5.41) is 11.7. The van der Waals surface area contributed by atoms with Crippen LogP contribution in [0.3, 0.4) is 0 Å². The van der Waals surface area contributed by atoms with Crippen LogP contribution in [-0.4, -0.2) is 16.1 Å². The number of nitrogens with zero attached hydrogens (tertiary/aromatic N) is 2. The zero-order valence-electron chi connectivity index (χ0n) is 11.7. The van der Waals surface area contributed by atoms with Gasteiger partial charge in [-0.2, -0.15) is 0 Å². The average molecular weight is 309 g/mol. The topological polar surface area (TPSA) is 92.9 Å². The highest BCUT2D eigenvalue weighted by Crippen LogP contribution is 2.22. The highest BCUT2D eigenvalue weighted by Gasteiger charge is 2.16. The number of nitrogens with one attached hydrogen (secondary N) is 2. The Morgan fingerprint density at radius 1 is 1.43 bits per heavy atom. The van der Waals surface area contributed by atoms with E-state index in [1.165, 1.54) is 29.5 Å². The van der Waals surface area contributed by atoms with Crippen LogP contribution in [0, 0.1) is 11.7 Å². The Labute approximate surface area is 125 Å². The predicted molar refractivity (Wildman–Crippen MR) is 80.6 cm³/mol. The zero-order valence-corrected chi connectivity index (χ0v) is 12.5. The Morgan fingerprint density at radius 3 is 2.86 bits per heavy atom. The lowest BCUT2D eigenvalue weighted by Gasteiger charge is -2.08. The second-order valence-electron chi connectivity index (χ2n) is 4.86. The zero-order chi connectivity index (χ0) is 15.4. The first-order valence-corrected chi connectivity index (χ1v) is 7.21. The van der Waals surface area contributed by atoms with Crippen molar-refractivity contribution in [3.63, 3.8) is 0 Å². The van der Waals surface area contributed by atoms with Crippen LogP contribution in [-0.2, 0) is 6.42 Å². The minimum Gasteiger partial charge on any atom is -0.321 e. The molecule has 0 atom stereocenters. The number of carbonyl (C=O) groups excluding carboxylic acids is 1. The Balaban J connectivity index is 2.15. The maximum absolute atomic E-state index is 13.5. The number of hydrogen-bond donors (Lipinski definition) is 3. The lowest BCUT2D eigenvalue weighted by atomic mass is 10.1. The van der Waals surface area contributed by atoms with Crippen molar-refractivity contribution in [3.8, 4) is 0 Å². The van der Waals surface area contributed by atoms with E-state index in [0.29, 0.717) is 11.0 Å². The van der Waals surface area contributed by atoms with E-state index >= 15 is 0 Å². The quantitative estimate of drug-likeness (QED) is 0.582. The minimum absolute atomic E-state index is 0.0538. The van der Waals surface area contributed by atoms with Gasteiger partial charge in [0.2, 0.25) is 5.13 Å². The van der Waals surface area contributed by atoms with Gasteiger partial charge in [-0.05, 0) is 18.1 Å². The molecule has 21 heavy (non-hydrogen) atoms. The van der Waals surface area contributed by atoms with E-state index in [-0.39, 0.29) is 11.3 Å². The van der Waals surface area contributed by atoms with Crippen molar-refractivity contribution in [2.45, 2.75) is 20.3 Å². The van der Waals surface area contributed by atoms with Crippen LogP contribution in [0.2, 0.25) is 0 Å². The molecular formula is C13H16FN5OS. The van der Waals surface area contributed by atoms with Crippen molar-refractivity contribution in [1.29, 1.82) is 0 Å². The molecule has 0 saturated carbocycles. The molecule has 0 aliphatic heterocycles. The van der Waals surface area contributed by atoms with E-state index in [4.69, 9.17) is 5.84 Å². The first kappa shape index (κ1) is 15.3. The summed E-state index contributed by atoms with van der Waals surface area (Å²) in [5.41, 5.74) is 2.25. The molecule has 112 valence electrons. The summed E-state index contributed by atoms with van der Waals surface area (Å²) in [5.74, 6) is 4.62. The Hall–Kier alpha value is -2.06. The van der Waals surface area contributed by atoms with Gasteiger partial charge in [0.25, 0.3) is 5.91 Å². The van der Waals surface area contributed by atoms with Crippen LogP contribution in [0.5, 0.6) is 0 Å². The lowest BCUT2D eigenvalue weighted by molar-refractivity contribution is 0.102. The number of para-hydroxylation sites is 1. The Morgan fingerprint density at radius 2 is 2.19 bits per heavy atom. The SMILES string of the molecule is CC(C)Cc1nnc(NC(=O)c2cccc(F)c2NN)s1. The van der Waals surface area contributed by atoms with E-state index in [1.54, 1.807) is 0 Å². The van der Waals surface area contributed by atoms with Crippen LogP contribution in [0.15, 0.2) is 18.2 Å². The number of hydrogen-bond acceptors (Lipinski definition) is 6. The summed E-state index contributed by atoms with van der Waals surface area (Å²) < 4.78 is 13.5. The maximum atomic E-state index is 13.5. The number of carbonyl (C=O) groups is 1. The molecule has 0 bridgehead atoms. The third-order valence-electron chi connectivity index (χ3n) is 2.67. The van der Waals surface area contributed by atoms with Crippen molar-refractivity contribution in [2.24, 2.45) is 11.8 Å². The third-order valence-corrected chi connectivity index (χ3v) is 3.53. The second-order valence-corrected chi connectivity index (χ2v) is 5.92. The number of nitrogen functional groups attached to an aromatic ring is 1.